The highest BCUT2D eigenvalue weighted by Crippen LogP contribution is 2.17. The van der Waals surface area contributed by atoms with Gasteiger partial charge in [0.2, 0.25) is 5.95 Å². The minimum absolute atomic E-state index is 0.0647. The lowest BCUT2D eigenvalue weighted by Gasteiger charge is -2.06. The second kappa shape index (κ2) is 4.61. The van der Waals surface area contributed by atoms with Crippen molar-refractivity contribution in [3.63, 3.8) is 0 Å². The number of fused-ring (bicyclic) bond motifs is 1. The van der Waals surface area contributed by atoms with Gasteiger partial charge in [-0.3, -0.25) is 9.48 Å². The molecule has 100 valence electrons. The summed E-state index contributed by atoms with van der Waals surface area (Å²) in [5.74, 6) is 0.155. The number of hydrogen-bond donors (Lipinski definition) is 2. The molecule has 0 aliphatic rings. The van der Waals surface area contributed by atoms with Gasteiger partial charge in [0.05, 0.1) is 5.52 Å². The first kappa shape index (κ1) is 12.1. The van der Waals surface area contributed by atoms with Crippen molar-refractivity contribution in [1.82, 2.24) is 19.7 Å². The molecule has 2 heterocycles. The van der Waals surface area contributed by atoms with E-state index in [0.29, 0.717) is 16.7 Å². The van der Waals surface area contributed by atoms with Crippen molar-refractivity contribution in [3.05, 3.63) is 42.2 Å². The molecule has 1 aromatic carbocycles. The number of carbonyl (C=O) groups excluding carboxylic acids is 1. The number of nitrogens with two attached hydrogens (primary N) is 1. The highest BCUT2D eigenvalue weighted by Gasteiger charge is 2.14. The van der Waals surface area contributed by atoms with E-state index >= 15 is 0 Å². The number of nitrogen functional groups attached to an aromatic ring is 1. The third-order valence-corrected chi connectivity index (χ3v) is 2.79. The highest BCUT2D eigenvalue weighted by molar-refractivity contribution is 6.10. The molecule has 3 N–H and O–H groups in total. The number of aryl methyl sites for hydroxylation is 1. The summed E-state index contributed by atoms with van der Waals surface area (Å²) in [7, 11) is 1.77. The number of nitrogens with one attached hydrogen (secondary N) is 1. The zero-order chi connectivity index (χ0) is 14.1. The first-order valence-electron chi connectivity index (χ1n) is 5.97. The average molecular weight is 268 g/mol. The van der Waals surface area contributed by atoms with E-state index in [4.69, 9.17) is 5.73 Å². The minimum Gasteiger partial charge on any atom is -0.368 e. The monoisotopic (exact) mass is 268 g/mol. The van der Waals surface area contributed by atoms with Crippen molar-refractivity contribution in [3.8, 4) is 0 Å². The quantitative estimate of drug-likeness (QED) is 0.727. The van der Waals surface area contributed by atoms with Crippen LogP contribution in [-0.4, -0.2) is 25.7 Å². The normalized spacial score (nSPS) is 10.7. The Balaban J connectivity index is 2.02. The zero-order valence-corrected chi connectivity index (χ0v) is 10.7. The molecule has 0 aliphatic heterocycles. The summed E-state index contributed by atoms with van der Waals surface area (Å²) in [6, 6.07) is 8.91. The van der Waals surface area contributed by atoms with Gasteiger partial charge < -0.3 is 11.1 Å². The Labute approximate surface area is 114 Å². The van der Waals surface area contributed by atoms with Crippen LogP contribution in [0.5, 0.6) is 0 Å². The Kier molecular flexibility index (Phi) is 2.79. The molecule has 0 aliphatic carbocycles. The molecule has 0 saturated heterocycles. The maximum absolute atomic E-state index is 12.3. The summed E-state index contributed by atoms with van der Waals surface area (Å²) in [5, 5.41) is 7.42. The SMILES string of the molecule is Cn1ccc(NC(=O)c2nc(N)nc3ccccc23)n1. The standard InChI is InChI=1S/C13H12N6O/c1-19-7-6-10(18-19)16-12(20)11-8-4-2-3-5-9(8)15-13(14)17-11/h2-7H,1H3,(H2,14,15,17)(H,16,18,20). The van der Waals surface area contributed by atoms with Crippen LogP contribution in [0.4, 0.5) is 11.8 Å². The predicted molar refractivity (Wildman–Crippen MR) is 75.1 cm³/mol. The van der Waals surface area contributed by atoms with E-state index in [0.717, 1.165) is 0 Å². The Morgan fingerprint density at radius 2 is 2.05 bits per heavy atom. The smallest absolute Gasteiger partial charge is 0.276 e. The lowest BCUT2D eigenvalue weighted by Crippen LogP contribution is -2.16. The van der Waals surface area contributed by atoms with Gasteiger partial charge in [-0.2, -0.15) is 5.10 Å². The van der Waals surface area contributed by atoms with Gasteiger partial charge in [-0.05, 0) is 6.07 Å². The van der Waals surface area contributed by atoms with Gasteiger partial charge in [-0.25, -0.2) is 9.97 Å². The Morgan fingerprint density at radius 1 is 1.25 bits per heavy atom. The highest BCUT2D eigenvalue weighted by atomic mass is 16.2. The van der Waals surface area contributed by atoms with Crippen LogP contribution in [0.15, 0.2) is 36.5 Å². The van der Waals surface area contributed by atoms with Crippen LogP contribution in [-0.2, 0) is 7.05 Å². The third-order valence-electron chi connectivity index (χ3n) is 2.79. The van der Waals surface area contributed by atoms with E-state index in [1.807, 2.05) is 12.1 Å². The van der Waals surface area contributed by atoms with Gasteiger partial charge in [0.15, 0.2) is 5.82 Å². The Hall–Kier alpha value is -2.96. The summed E-state index contributed by atoms with van der Waals surface area (Å²) < 4.78 is 1.60. The van der Waals surface area contributed by atoms with E-state index < -0.39 is 0 Å². The van der Waals surface area contributed by atoms with E-state index in [1.165, 1.54) is 0 Å². The number of hydrogen-bond acceptors (Lipinski definition) is 5. The van der Waals surface area contributed by atoms with Crippen molar-refractivity contribution in [2.45, 2.75) is 0 Å². The van der Waals surface area contributed by atoms with Gasteiger partial charge in [-0.1, -0.05) is 18.2 Å². The van der Waals surface area contributed by atoms with Crippen molar-refractivity contribution in [2.75, 3.05) is 11.1 Å². The molecular formula is C13H12N6O. The average Bonchev–Trinajstić information content (AvgIpc) is 2.83. The fourth-order valence-electron chi connectivity index (χ4n) is 1.92. The van der Waals surface area contributed by atoms with E-state index in [1.54, 1.807) is 36.1 Å². The second-order valence-electron chi connectivity index (χ2n) is 4.28. The molecular weight excluding hydrogens is 256 g/mol. The van der Waals surface area contributed by atoms with Gasteiger partial charge in [0, 0.05) is 24.7 Å². The van der Waals surface area contributed by atoms with Gasteiger partial charge in [0.25, 0.3) is 5.91 Å². The maximum atomic E-state index is 12.3. The fraction of sp³-hybridized carbons (Fsp3) is 0.0769. The zero-order valence-electron chi connectivity index (χ0n) is 10.7. The maximum Gasteiger partial charge on any atom is 0.276 e. The van der Waals surface area contributed by atoms with Crippen molar-refractivity contribution < 1.29 is 4.79 Å². The number of anilines is 2. The van der Waals surface area contributed by atoms with E-state index in [9.17, 15) is 4.79 Å². The van der Waals surface area contributed by atoms with Crippen molar-refractivity contribution in [1.29, 1.82) is 0 Å². The molecule has 7 heteroatoms. The molecule has 1 amide bonds. The third kappa shape index (κ3) is 2.16. The molecule has 0 radical (unpaired) electrons. The topological polar surface area (TPSA) is 98.7 Å². The number of amides is 1. The fourth-order valence-corrected chi connectivity index (χ4v) is 1.92. The molecule has 2 aromatic heterocycles. The van der Waals surface area contributed by atoms with E-state index in [2.05, 4.69) is 20.4 Å². The number of aromatic nitrogens is 4. The summed E-state index contributed by atoms with van der Waals surface area (Å²) in [5.41, 5.74) is 6.50. The van der Waals surface area contributed by atoms with Gasteiger partial charge in [-0.15, -0.1) is 0 Å². The Bertz CT molecular complexity index is 794. The molecule has 0 atom stereocenters. The number of rotatable bonds is 2. The summed E-state index contributed by atoms with van der Waals surface area (Å²) >= 11 is 0. The van der Waals surface area contributed by atoms with E-state index in [-0.39, 0.29) is 17.5 Å². The number of para-hydroxylation sites is 1. The van der Waals surface area contributed by atoms with Crippen LogP contribution in [0.3, 0.4) is 0 Å². The van der Waals surface area contributed by atoms with Crippen LogP contribution in [0.2, 0.25) is 0 Å². The Morgan fingerprint density at radius 3 is 2.80 bits per heavy atom. The molecule has 3 rings (SSSR count). The molecule has 0 unspecified atom stereocenters. The van der Waals surface area contributed by atoms with Crippen LogP contribution >= 0.6 is 0 Å². The number of benzene rings is 1. The first-order chi connectivity index (χ1) is 9.63. The lowest BCUT2D eigenvalue weighted by atomic mass is 10.2. The van der Waals surface area contributed by atoms with Crippen LogP contribution in [0.1, 0.15) is 10.5 Å². The van der Waals surface area contributed by atoms with Gasteiger partial charge in [0.1, 0.15) is 5.69 Å². The molecule has 0 fully saturated rings. The van der Waals surface area contributed by atoms with Crippen LogP contribution < -0.4 is 11.1 Å². The lowest BCUT2D eigenvalue weighted by molar-refractivity contribution is 0.102. The molecule has 20 heavy (non-hydrogen) atoms. The molecule has 0 bridgehead atoms. The summed E-state index contributed by atoms with van der Waals surface area (Å²) in [4.78, 5) is 20.4. The van der Waals surface area contributed by atoms with Crippen LogP contribution in [0, 0.1) is 0 Å². The molecule has 0 spiro atoms. The number of nitrogens with zero attached hydrogens (tertiary/aromatic N) is 4. The van der Waals surface area contributed by atoms with Gasteiger partial charge >= 0.3 is 0 Å². The van der Waals surface area contributed by atoms with Crippen molar-refractivity contribution >= 4 is 28.6 Å². The molecule has 0 saturated carbocycles. The van der Waals surface area contributed by atoms with Crippen LogP contribution in [0.25, 0.3) is 10.9 Å². The second-order valence-corrected chi connectivity index (χ2v) is 4.28. The molecule has 7 nitrogen and oxygen atoms in total. The minimum atomic E-state index is -0.367. The largest absolute Gasteiger partial charge is 0.368 e. The first-order valence-corrected chi connectivity index (χ1v) is 5.97. The molecule has 3 aromatic rings. The predicted octanol–water partition coefficient (Wildman–Crippen LogP) is 1.20. The van der Waals surface area contributed by atoms with Crippen molar-refractivity contribution in [2.24, 2.45) is 7.05 Å². The summed E-state index contributed by atoms with van der Waals surface area (Å²) in [6.07, 6.45) is 1.74. The summed E-state index contributed by atoms with van der Waals surface area (Å²) in [6.45, 7) is 0. The number of carbonyl (C=O) groups is 1.